The lowest BCUT2D eigenvalue weighted by Gasteiger charge is -2.10. The molecule has 0 fully saturated rings. The number of benzene rings is 7. The van der Waals surface area contributed by atoms with E-state index in [1.54, 1.807) is 0 Å². The maximum absolute atomic E-state index is 5.05. The summed E-state index contributed by atoms with van der Waals surface area (Å²) in [6.07, 6.45) is 0. The van der Waals surface area contributed by atoms with Crippen molar-refractivity contribution in [3.05, 3.63) is 176 Å². The minimum absolute atomic E-state index is 0.651. The number of hydrogen-bond donors (Lipinski definition) is 0. The summed E-state index contributed by atoms with van der Waals surface area (Å²) in [5, 5.41) is 2.45. The highest BCUT2D eigenvalue weighted by molar-refractivity contribution is 7.25. The van der Waals surface area contributed by atoms with Crippen molar-refractivity contribution in [2.45, 2.75) is 0 Å². The van der Waals surface area contributed by atoms with Gasteiger partial charge in [-0.3, -0.25) is 0 Å². The normalized spacial score (nSPS) is 11.3. The van der Waals surface area contributed by atoms with Gasteiger partial charge in [0, 0.05) is 36.9 Å². The smallest absolute Gasteiger partial charge is 0.164 e. The van der Waals surface area contributed by atoms with Crippen molar-refractivity contribution in [3.8, 4) is 67.5 Å². The Hall–Kier alpha value is -6.23. The second kappa shape index (κ2) is 12.4. The maximum atomic E-state index is 5.05. The zero-order valence-electron chi connectivity index (χ0n) is 26.5. The van der Waals surface area contributed by atoms with Gasteiger partial charge in [0.15, 0.2) is 17.5 Å². The van der Waals surface area contributed by atoms with E-state index in [4.69, 9.17) is 15.0 Å². The summed E-state index contributed by atoms with van der Waals surface area (Å²) in [5.41, 5.74) is 10.1. The summed E-state index contributed by atoms with van der Waals surface area (Å²) >= 11 is 1.82. The van der Waals surface area contributed by atoms with Crippen molar-refractivity contribution in [3.63, 3.8) is 0 Å². The molecule has 0 spiro atoms. The summed E-state index contributed by atoms with van der Waals surface area (Å²) in [5.74, 6) is 1.97. The standard InChI is InChI=1S/C45H29N3S/c1-4-10-30(11-5-1)32-16-18-33(19-17-32)34-20-22-36(23-21-34)44-46-43(35-14-8-3-9-15-35)47-45(48-44)38-25-27-41-40(28-38)39-26-24-37(29-42(39)49-41)31-12-6-2-7-13-31/h1-29H. The fourth-order valence-electron chi connectivity index (χ4n) is 6.37. The first-order valence-corrected chi connectivity index (χ1v) is 17.2. The third-order valence-corrected chi connectivity index (χ3v) is 10.1. The highest BCUT2D eigenvalue weighted by atomic mass is 32.1. The van der Waals surface area contributed by atoms with E-state index in [2.05, 4.69) is 140 Å². The van der Waals surface area contributed by atoms with Gasteiger partial charge in [-0.1, -0.05) is 152 Å². The molecular formula is C45H29N3S. The Balaban J connectivity index is 1.09. The Labute approximate surface area is 288 Å². The molecular weight excluding hydrogens is 615 g/mol. The van der Waals surface area contributed by atoms with Crippen LogP contribution in [0.2, 0.25) is 0 Å². The number of fused-ring (bicyclic) bond motifs is 3. The van der Waals surface area contributed by atoms with Crippen molar-refractivity contribution in [2.75, 3.05) is 0 Å². The molecule has 0 amide bonds. The quantitative estimate of drug-likeness (QED) is 0.181. The second-order valence-electron chi connectivity index (χ2n) is 12.1. The van der Waals surface area contributed by atoms with E-state index in [0.717, 1.165) is 22.3 Å². The summed E-state index contributed by atoms with van der Waals surface area (Å²) < 4.78 is 2.51. The van der Waals surface area contributed by atoms with Gasteiger partial charge < -0.3 is 0 Å². The summed E-state index contributed by atoms with van der Waals surface area (Å²) in [7, 11) is 0. The van der Waals surface area contributed by atoms with Crippen LogP contribution in [-0.4, -0.2) is 15.0 Å². The molecule has 0 saturated heterocycles. The van der Waals surface area contributed by atoms with Crippen LogP contribution in [0.1, 0.15) is 0 Å². The van der Waals surface area contributed by atoms with Gasteiger partial charge in [-0.2, -0.15) is 0 Å². The highest BCUT2D eigenvalue weighted by Gasteiger charge is 2.15. The van der Waals surface area contributed by atoms with Gasteiger partial charge in [0.2, 0.25) is 0 Å². The second-order valence-corrected chi connectivity index (χ2v) is 13.2. The molecule has 0 N–H and O–H groups in total. The molecule has 0 aliphatic rings. The fourth-order valence-corrected chi connectivity index (χ4v) is 7.50. The van der Waals surface area contributed by atoms with Crippen LogP contribution in [-0.2, 0) is 0 Å². The maximum Gasteiger partial charge on any atom is 0.164 e. The Morgan fingerprint density at radius 1 is 0.265 bits per heavy atom. The molecule has 0 atom stereocenters. The molecule has 3 nitrogen and oxygen atoms in total. The topological polar surface area (TPSA) is 38.7 Å². The molecule has 0 saturated carbocycles. The van der Waals surface area contributed by atoms with E-state index < -0.39 is 0 Å². The van der Waals surface area contributed by atoms with Gasteiger partial charge in [-0.15, -0.1) is 11.3 Å². The molecule has 9 rings (SSSR count). The lowest BCUT2D eigenvalue weighted by atomic mass is 9.99. The molecule has 230 valence electrons. The Morgan fingerprint density at radius 2 is 0.653 bits per heavy atom. The molecule has 2 aromatic heterocycles. The van der Waals surface area contributed by atoms with Crippen molar-refractivity contribution in [2.24, 2.45) is 0 Å². The van der Waals surface area contributed by atoms with Crippen LogP contribution in [0.4, 0.5) is 0 Å². The Kier molecular flexibility index (Phi) is 7.34. The molecule has 0 radical (unpaired) electrons. The number of hydrogen-bond acceptors (Lipinski definition) is 4. The first-order valence-electron chi connectivity index (χ1n) is 16.4. The predicted octanol–water partition coefficient (Wildman–Crippen LogP) is 12.2. The largest absolute Gasteiger partial charge is 0.208 e. The van der Waals surface area contributed by atoms with Crippen molar-refractivity contribution in [1.82, 2.24) is 15.0 Å². The van der Waals surface area contributed by atoms with E-state index in [0.29, 0.717) is 17.5 Å². The summed E-state index contributed by atoms with van der Waals surface area (Å²) in [6.45, 7) is 0. The van der Waals surface area contributed by atoms with Crippen LogP contribution in [0.5, 0.6) is 0 Å². The molecule has 49 heavy (non-hydrogen) atoms. The first-order chi connectivity index (χ1) is 24.2. The predicted molar refractivity (Wildman–Crippen MR) is 205 cm³/mol. The Morgan fingerprint density at radius 3 is 1.20 bits per heavy atom. The van der Waals surface area contributed by atoms with Crippen LogP contribution in [0.3, 0.4) is 0 Å². The highest BCUT2D eigenvalue weighted by Crippen LogP contribution is 2.38. The van der Waals surface area contributed by atoms with Crippen LogP contribution >= 0.6 is 11.3 Å². The van der Waals surface area contributed by atoms with Crippen molar-refractivity contribution >= 4 is 31.5 Å². The van der Waals surface area contributed by atoms with Gasteiger partial charge >= 0.3 is 0 Å². The molecule has 7 aromatic carbocycles. The molecule has 9 aromatic rings. The SMILES string of the molecule is c1ccc(-c2ccc(-c3ccc(-c4nc(-c5ccccc5)nc(-c5ccc6sc7cc(-c8ccccc8)ccc7c6c5)n4)cc3)cc2)cc1. The zero-order chi connectivity index (χ0) is 32.6. The molecule has 0 aliphatic carbocycles. The molecule has 4 heteroatoms. The molecule has 0 aliphatic heterocycles. The lowest BCUT2D eigenvalue weighted by molar-refractivity contribution is 1.07. The van der Waals surface area contributed by atoms with Gasteiger partial charge in [0.05, 0.1) is 0 Å². The van der Waals surface area contributed by atoms with Gasteiger partial charge in [-0.05, 0) is 57.6 Å². The zero-order valence-corrected chi connectivity index (χ0v) is 27.3. The van der Waals surface area contributed by atoms with E-state index in [1.807, 2.05) is 47.7 Å². The third kappa shape index (κ3) is 5.69. The van der Waals surface area contributed by atoms with Gasteiger partial charge in [-0.25, -0.2) is 15.0 Å². The first kappa shape index (κ1) is 29.0. The van der Waals surface area contributed by atoms with E-state index in [9.17, 15) is 0 Å². The van der Waals surface area contributed by atoms with E-state index in [1.165, 1.54) is 48.0 Å². The molecule has 2 heterocycles. The van der Waals surface area contributed by atoms with Gasteiger partial charge in [0.1, 0.15) is 0 Å². The number of rotatable bonds is 6. The average Bonchev–Trinajstić information content (AvgIpc) is 3.56. The minimum Gasteiger partial charge on any atom is -0.208 e. The lowest BCUT2D eigenvalue weighted by Crippen LogP contribution is -2.00. The van der Waals surface area contributed by atoms with Crippen LogP contribution in [0.15, 0.2) is 176 Å². The number of thiophene rings is 1. The van der Waals surface area contributed by atoms with Crippen LogP contribution in [0.25, 0.3) is 87.7 Å². The number of aromatic nitrogens is 3. The van der Waals surface area contributed by atoms with Crippen LogP contribution in [0, 0.1) is 0 Å². The number of nitrogens with zero attached hydrogens (tertiary/aromatic N) is 3. The molecule has 0 unspecified atom stereocenters. The fraction of sp³-hybridized carbons (Fsp3) is 0. The van der Waals surface area contributed by atoms with Gasteiger partial charge in [0.25, 0.3) is 0 Å². The van der Waals surface area contributed by atoms with E-state index in [-0.39, 0.29) is 0 Å². The van der Waals surface area contributed by atoms with Crippen molar-refractivity contribution in [1.29, 1.82) is 0 Å². The Bertz CT molecular complexity index is 2560. The minimum atomic E-state index is 0.651. The van der Waals surface area contributed by atoms with Crippen LogP contribution < -0.4 is 0 Å². The third-order valence-electron chi connectivity index (χ3n) is 8.97. The average molecular weight is 644 g/mol. The monoisotopic (exact) mass is 643 g/mol. The molecule has 0 bridgehead atoms. The van der Waals surface area contributed by atoms with Crippen molar-refractivity contribution < 1.29 is 0 Å². The summed E-state index contributed by atoms with van der Waals surface area (Å²) in [6, 6.07) is 61.7. The van der Waals surface area contributed by atoms with E-state index >= 15 is 0 Å². The summed E-state index contributed by atoms with van der Waals surface area (Å²) in [4.78, 5) is 15.0.